The Hall–Kier alpha value is -2.28. The first kappa shape index (κ1) is 11.8. The first-order valence-electron chi connectivity index (χ1n) is 5.83. The van der Waals surface area contributed by atoms with E-state index >= 15 is 0 Å². The number of benzene rings is 1. The molecule has 0 fully saturated rings. The summed E-state index contributed by atoms with van der Waals surface area (Å²) < 4.78 is 1.64. The van der Waals surface area contributed by atoms with E-state index < -0.39 is 0 Å². The Morgan fingerprint density at radius 1 is 1.32 bits per heavy atom. The van der Waals surface area contributed by atoms with Gasteiger partial charge in [0.2, 0.25) is 0 Å². The van der Waals surface area contributed by atoms with E-state index in [2.05, 4.69) is 32.7 Å². The van der Waals surface area contributed by atoms with E-state index in [4.69, 9.17) is 0 Å². The SMILES string of the molecule is CC(Nc1ccccc1-n1cnnn1)c1nccs1. The van der Waals surface area contributed by atoms with Crippen LogP contribution >= 0.6 is 11.3 Å². The Balaban J connectivity index is 1.89. The number of aromatic nitrogens is 5. The van der Waals surface area contributed by atoms with Gasteiger partial charge in [-0.2, -0.15) is 4.68 Å². The number of rotatable bonds is 4. The zero-order valence-corrected chi connectivity index (χ0v) is 11.1. The van der Waals surface area contributed by atoms with Crippen LogP contribution in [0.1, 0.15) is 18.0 Å². The Bertz CT molecular complexity index is 634. The van der Waals surface area contributed by atoms with Crippen LogP contribution in [0.5, 0.6) is 0 Å². The summed E-state index contributed by atoms with van der Waals surface area (Å²) >= 11 is 1.63. The Labute approximate surface area is 114 Å². The van der Waals surface area contributed by atoms with E-state index in [0.29, 0.717) is 0 Å². The molecule has 3 aromatic rings. The van der Waals surface area contributed by atoms with Crippen LogP contribution in [0.15, 0.2) is 42.2 Å². The van der Waals surface area contributed by atoms with Crippen molar-refractivity contribution in [2.24, 2.45) is 0 Å². The monoisotopic (exact) mass is 272 g/mol. The highest BCUT2D eigenvalue weighted by molar-refractivity contribution is 7.09. The lowest BCUT2D eigenvalue weighted by atomic mass is 10.2. The molecular formula is C12H12N6S. The van der Waals surface area contributed by atoms with E-state index in [1.807, 2.05) is 35.8 Å². The summed E-state index contributed by atoms with van der Waals surface area (Å²) in [7, 11) is 0. The van der Waals surface area contributed by atoms with Gasteiger partial charge in [-0.25, -0.2) is 4.98 Å². The molecule has 0 aliphatic carbocycles. The number of thiazole rings is 1. The fraction of sp³-hybridized carbons (Fsp3) is 0.167. The van der Waals surface area contributed by atoms with Crippen molar-refractivity contribution in [3.05, 3.63) is 47.2 Å². The summed E-state index contributed by atoms with van der Waals surface area (Å²) in [4.78, 5) is 4.31. The normalized spacial score (nSPS) is 12.3. The van der Waals surface area contributed by atoms with Crippen LogP contribution in [-0.4, -0.2) is 25.2 Å². The number of hydrogen-bond acceptors (Lipinski definition) is 6. The predicted octanol–water partition coefficient (Wildman–Crippen LogP) is 2.29. The number of anilines is 1. The van der Waals surface area contributed by atoms with E-state index in [1.54, 1.807) is 22.3 Å². The number of nitrogens with one attached hydrogen (secondary N) is 1. The van der Waals surface area contributed by atoms with Gasteiger partial charge in [0.1, 0.15) is 11.3 Å². The molecule has 0 radical (unpaired) electrons. The zero-order chi connectivity index (χ0) is 13.1. The summed E-state index contributed by atoms with van der Waals surface area (Å²) in [6.07, 6.45) is 3.39. The van der Waals surface area contributed by atoms with Crippen LogP contribution < -0.4 is 5.32 Å². The molecule has 2 aromatic heterocycles. The van der Waals surface area contributed by atoms with E-state index in [-0.39, 0.29) is 6.04 Å². The molecule has 0 aliphatic heterocycles. The lowest BCUT2D eigenvalue weighted by molar-refractivity contribution is 0.785. The maximum absolute atomic E-state index is 4.31. The lowest BCUT2D eigenvalue weighted by Crippen LogP contribution is -2.09. The second-order valence-corrected chi connectivity index (χ2v) is 4.93. The Morgan fingerprint density at radius 3 is 2.95 bits per heavy atom. The third kappa shape index (κ3) is 2.45. The minimum Gasteiger partial charge on any atom is -0.374 e. The molecule has 3 rings (SSSR count). The molecule has 1 unspecified atom stereocenters. The molecular weight excluding hydrogens is 260 g/mol. The van der Waals surface area contributed by atoms with Gasteiger partial charge in [-0.3, -0.25) is 0 Å². The van der Waals surface area contributed by atoms with Crippen molar-refractivity contribution in [1.29, 1.82) is 0 Å². The van der Waals surface area contributed by atoms with Crippen molar-refractivity contribution in [1.82, 2.24) is 25.2 Å². The van der Waals surface area contributed by atoms with Gasteiger partial charge in [0, 0.05) is 11.6 Å². The molecule has 0 spiro atoms. The fourth-order valence-electron chi connectivity index (χ4n) is 1.81. The maximum atomic E-state index is 4.31. The molecule has 0 bridgehead atoms. The van der Waals surface area contributed by atoms with Gasteiger partial charge in [0.05, 0.1) is 17.4 Å². The van der Waals surface area contributed by atoms with Crippen molar-refractivity contribution in [3.8, 4) is 5.69 Å². The van der Waals surface area contributed by atoms with Gasteiger partial charge in [-0.1, -0.05) is 12.1 Å². The quantitative estimate of drug-likeness (QED) is 0.789. The van der Waals surface area contributed by atoms with Crippen LogP contribution in [0.2, 0.25) is 0 Å². The number of nitrogens with zero attached hydrogens (tertiary/aromatic N) is 5. The second kappa shape index (κ2) is 5.15. The summed E-state index contributed by atoms with van der Waals surface area (Å²) in [6, 6.07) is 8.03. The molecule has 0 aliphatic rings. The standard InChI is InChI=1S/C12H12N6S/c1-9(12-13-6-7-19-12)15-10-4-2-3-5-11(10)18-8-14-16-17-18/h2-9,15H,1H3. The van der Waals surface area contributed by atoms with Crippen molar-refractivity contribution in [3.63, 3.8) is 0 Å². The van der Waals surface area contributed by atoms with Crippen LogP contribution in [0.25, 0.3) is 5.69 Å². The maximum Gasteiger partial charge on any atom is 0.143 e. The summed E-state index contributed by atoms with van der Waals surface area (Å²) in [5.41, 5.74) is 1.88. The minimum absolute atomic E-state index is 0.137. The third-order valence-corrected chi connectivity index (χ3v) is 3.65. The van der Waals surface area contributed by atoms with Crippen LogP contribution in [0.3, 0.4) is 0 Å². The largest absolute Gasteiger partial charge is 0.374 e. The fourth-order valence-corrected chi connectivity index (χ4v) is 2.46. The minimum atomic E-state index is 0.137. The zero-order valence-electron chi connectivity index (χ0n) is 10.3. The van der Waals surface area contributed by atoms with Gasteiger partial charge in [-0.05, 0) is 29.5 Å². The van der Waals surface area contributed by atoms with Crippen molar-refractivity contribution >= 4 is 17.0 Å². The molecule has 1 N–H and O–H groups in total. The van der Waals surface area contributed by atoms with E-state index in [0.717, 1.165) is 16.4 Å². The molecule has 0 amide bonds. The molecule has 0 saturated carbocycles. The summed E-state index contributed by atoms with van der Waals surface area (Å²) in [5, 5.41) is 17.7. The first-order valence-corrected chi connectivity index (χ1v) is 6.71. The highest BCUT2D eigenvalue weighted by Gasteiger charge is 2.11. The Morgan fingerprint density at radius 2 is 2.21 bits per heavy atom. The van der Waals surface area contributed by atoms with Gasteiger partial charge >= 0.3 is 0 Å². The Kier molecular flexibility index (Phi) is 3.20. The summed E-state index contributed by atoms with van der Waals surface area (Å²) in [5.74, 6) is 0. The topological polar surface area (TPSA) is 68.5 Å². The molecule has 2 heterocycles. The van der Waals surface area contributed by atoms with E-state index in [9.17, 15) is 0 Å². The number of tetrazole rings is 1. The second-order valence-electron chi connectivity index (χ2n) is 4.01. The van der Waals surface area contributed by atoms with Crippen molar-refractivity contribution < 1.29 is 0 Å². The molecule has 1 atom stereocenters. The molecule has 19 heavy (non-hydrogen) atoms. The van der Waals surface area contributed by atoms with Crippen molar-refractivity contribution in [2.75, 3.05) is 5.32 Å². The van der Waals surface area contributed by atoms with Gasteiger partial charge in [0.15, 0.2) is 0 Å². The molecule has 96 valence electrons. The number of hydrogen-bond donors (Lipinski definition) is 1. The highest BCUT2D eigenvalue weighted by atomic mass is 32.1. The number of para-hydroxylation sites is 2. The van der Waals surface area contributed by atoms with Crippen LogP contribution in [0, 0.1) is 0 Å². The smallest absolute Gasteiger partial charge is 0.143 e. The van der Waals surface area contributed by atoms with Crippen LogP contribution in [0.4, 0.5) is 5.69 Å². The predicted molar refractivity (Wildman–Crippen MR) is 73.3 cm³/mol. The van der Waals surface area contributed by atoms with Gasteiger partial charge < -0.3 is 5.32 Å². The molecule has 7 heteroatoms. The van der Waals surface area contributed by atoms with Gasteiger partial charge in [-0.15, -0.1) is 16.4 Å². The van der Waals surface area contributed by atoms with Gasteiger partial charge in [0.25, 0.3) is 0 Å². The van der Waals surface area contributed by atoms with Crippen LogP contribution in [-0.2, 0) is 0 Å². The molecule has 6 nitrogen and oxygen atoms in total. The van der Waals surface area contributed by atoms with E-state index in [1.165, 1.54) is 0 Å². The first-order chi connectivity index (χ1) is 9.34. The average molecular weight is 272 g/mol. The summed E-state index contributed by atoms with van der Waals surface area (Å²) in [6.45, 7) is 2.08. The van der Waals surface area contributed by atoms with Crippen molar-refractivity contribution in [2.45, 2.75) is 13.0 Å². The molecule has 1 aromatic carbocycles. The highest BCUT2D eigenvalue weighted by Crippen LogP contribution is 2.25. The third-order valence-electron chi connectivity index (χ3n) is 2.69. The molecule has 0 saturated heterocycles. The lowest BCUT2D eigenvalue weighted by Gasteiger charge is -2.15. The average Bonchev–Trinajstić information content (AvgIpc) is 3.13.